The van der Waals surface area contributed by atoms with Crippen LogP contribution in [0.4, 0.5) is 5.82 Å². The van der Waals surface area contributed by atoms with Crippen molar-refractivity contribution in [2.75, 3.05) is 5.32 Å². The summed E-state index contributed by atoms with van der Waals surface area (Å²) in [6.45, 7) is 5.16. The minimum absolute atomic E-state index is 0.225. The summed E-state index contributed by atoms with van der Waals surface area (Å²) in [5, 5.41) is 10.5. The van der Waals surface area contributed by atoms with Crippen molar-refractivity contribution in [2.45, 2.75) is 12.8 Å². The molecule has 6 nitrogen and oxygen atoms in total. The van der Waals surface area contributed by atoms with E-state index in [1.165, 1.54) is 0 Å². The Morgan fingerprint density at radius 2 is 2.14 bits per heavy atom. The molecule has 2 aromatic heterocycles. The van der Waals surface area contributed by atoms with Crippen LogP contribution in [-0.4, -0.2) is 27.4 Å². The molecule has 1 unspecified atom stereocenters. The summed E-state index contributed by atoms with van der Waals surface area (Å²) in [5.74, 6) is -0.230. The molecule has 0 saturated carbocycles. The Labute approximate surface area is 121 Å². The number of aromatic nitrogens is 3. The third kappa shape index (κ3) is 3.56. The Morgan fingerprint density at radius 3 is 2.76 bits per heavy atom. The molecule has 0 aromatic carbocycles. The molecule has 2 heterocycles. The molecule has 0 radical (unpaired) electrons. The molecule has 2 rings (SSSR count). The summed E-state index contributed by atoms with van der Waals surface area (Å²) in [6, 6.07) is 5.20. The molecule has 1 amide bonds. The van der Waals surface area contributed by atoms with Crippen LogP contribution in [0.25, 0.3) is 11.3 Å². The second-order valence-electron chi connectivity index (χ2n) is 4.43. The SMILES string of the molecule is C=CC(=O)Nc1ccc(-c2cncc(C(C)C=O)c2)nn1. The van der Waals surface area contributed by atoms with E-state index in [9.17, 15) is 9.59 Å². The molecule has 106 valence electrons. The average molecular weight is 282 g/mol. The number of hydrogen-bond donors (Lipinski definition) is 1. The molecule has 0 fully saturated rings. The van der Waals surface area contributed by atoms with Gasteiger partial charge in [-0.1, -0.05) is 13.5 Å². The standard InChI is InChI=1S/C15H14N4O2/c1-3-15(21)17-14-5-4-13(18-19-14)12-6-11(7-16-8-12)10(2)9-20/h3-10H,1H2,2H3,(H,17,19,21). The first-order chi connectivity index (χ1) is 10.1. The smallest absolute Gasteiger partial charge is 0.248 e. The highest BCUT2D eigenvalue weighted by molar-refractivity contribution is 5.98. The van der Waals surface area contributed by atoms with Gasteiger partial charge in [0.1, 0.15) is 6.29 Å². The van der Waals surface area contributed by atoms with Gasteiger partial charge in [0.25, 0.3) is 0 Å². The van der Waals surface area contributed by atoms with E-state index < -0.39 is 0 Å². The predicted molar refractivity (Wildman–Crippen MR) is 78.6 cm³/mol. The largest absolute Gasteiger partial charge is 0.306 e. The number of carbonyl (C=O) groups excluding carboxylic acids is 2. The average Bonchev–Trinajstić information content (AvgIpc) is 2.54. The molecule has 6 heteroatoms. The van der Waals surface area contributed by atoms with Crippen molar-refractivity contribution in [3.63, 3.8) is 0 Å². The fourth-order valence-corrected chi connectivity index (χ4v) is 1.66. The number of aldehydes is 1. The van der Waals surface area contributed by atoms with Crippen LogP contribution in [0, 0.1) is 0 Å². The normalized spacial score (nSPS) is 11.5. The van der Waals surface area contributed by atoms with Gasteiger partial charge in [0.15, 0.2) is 5.82 Å². The Balaban J connectivity index is 2.24. The van der Waals surface area contributed by atoms with Gasteiger partial charge in [-0.3, -0.25) is 9.78 Å². The zero-order chi connectivity index (χ0) is 15.2. The van der Waals surface area contributed by atoms with Gasteiger partial charge in [-0.05, 0) is 29.8 Å². The molecule has 0 aliphatic carbocycles. The lowest BCUT2D eigenvalue weighted by Gasteiger charge is -2.06. The van der Waals surface area contributed by atoms with Crippen LogP contribution in [0.3, 0.4) is 0 Å². The molecule has 0 bridgehead atoms. The van der Waals surface area contributed by atoms with Gasteiger partial charge in [0, 0.05) is 23.9 Å². The highest BCUT2D eigenvalue weighted by atomic mass is 16.1. The van der Waals surface area contributed by atoms with Crippen molar-refractivity contribution < 1.29 is 9.59 Å². The Hall–Kier alpha value is -2.89. The van der Waals surface area contributed by atoms with Crippen LogP contribution in [0.2, 0.25) is 0 Å². The molecule has 0 spiro atoms. The summed E-state index contributed by atoms with van der Waals surface area (Å²) < 4.78 is 0. The number of nitrogens with one attached hydrogen (secondary N) is 1. The van der Waals surface area contributed by atoms with E-state index >= 15 is 0 Å². The summed E-state index contributed by atoms with van der Waals surface area (Å²) in [7, 11) is 0. The lowest BCUT2D eigenvalue weighted by atomic mass is 10.0. The fraction of sp³-hybridized carbons (Fsp3) is 0.133. The van der Waals surface area contributed by atoms with E-state index in [0.717, 1.165) is 23.5 Å². The zero-order valence-corrected chi connectivity index (χ0v) is 11.5. The van der Waals surface area contributed by atoms with Crippen molar-refractivity contribution in [1.82, 2.24) is 15.2 Å². The third-order valence-electron chi connectivity index (χ3n) is 2.89. The monoisotopic (exact) mass is 282 g/mol. The number of amides is 1. The molecule has 0 aliphatic rings. The minimum atomic E-state index is -0.347. The number of anilines is 1. The summed E-state index contributed by atoms with van der Waals surface area (Å²) in [6.07, 6.45) is 5.31. The number of pyridine rings is 1. The van der Waals surface area contributed by atoms with Crippen molar-refractivity contribution in [3.05, 3.63) is 48.8 Å². The van der Waals surface area contributed by atoms with Gasteiger partial charge in [-0.15, -0.1) is 10.2 Å². The third-order valence-corrected chi connectivity index (χ3v) is 2.89. The van der Waals surface area contributed by atoms with E-state index in [1.54, 1.807) is 31.5 Å². The predicted octanol–water partition coefficient (Wildman–Crippen LogP) is 1.97. The van der Waals surface area contributed by atoms with Crippen LogP contribution in [0.5, 0.6) is 0 Å². The number of carbonyl (C=O) groups is 2. The summed E-state index contributed by atoms with van der Waals surface area (Å²) >= 11 is 0. The van der Waals surface area contributed by atoms with Gasteiger partial charge < -0.3 is 10.1 Å². The second-order valence-corrected chi connectivity index (χ2v) is 4.43. The molecular weight excluding hydrogens is 268 g/mol. The van der Waals surface area contributed by atoms with Crippen molar-refractivity contribution in [2.24, 2.45) is 0 Å². The summed E-state index contributed by atoms with van der Waals surface area (Å²) in [5.41, 5.74) is 2.18. The summed E-state index contributed by atoms with van der Waals surface area (Å²) in [4.78, 5) is 26.1. The van der Waals surface area contributed by atoms with Gasteiger partial charge in [0.2, 0.25) is 5.91 Å². The molecule has 0 saturated heterocycles. The van der Waals surface area contributed by atoms with E-state index in [4.69, 9.17) is 0 Å². The van der Waals surface area contributed by atoms with Crippen LogP contribution in [0.15, 0.2) is 43.2 Å². The van der Waals surface area contributed by atoms with Crippen LogP contribution in [-0.2, 0) is 9.59 Å². The molecule has 1 atom stereocenters. The van der Waals surface area contributed by atoms with E-state index in [0.29, 0.717) is 11.5 Å². The Bertz CT molecular complexity index is 668. The van der Waals surface area contributed by atoms with Crippen molar-refractivity contribution in [1.29, 1.82) is 0 Å². The number of rotatable bonds is 5. The zero-order valence-electron chi connectivity index (χ0n) is 11.5. The first kappa shape index (κ1) is 14.5. The maximum Gasteiger partial charge on any atom is 0.248 e. The molecular formula is C15H14N4O2. The van der Waals surface area contributed by atoms with E-state index in [2.05, 4.69) is 27.1 Å². The van der Waals surface area contributed by atoms with Gasteiger partial charge in [0.05, 0.1) is 5.69 Å². The lowest BCUT2D eigenvalue weighted by molar-refractivity contribution is -0.112. The van der Waals surface area contributed by atoms with Crippen LogP contribution < -0.4 is 5.32 Å². The Morgan fingerprint density at radius 1 is 1.33 bits per heavy atom. The maximum absolute atomic E-state index is 11.1. The first-order valence-electron chi connectivity index (χ1n) is 6.32. The quantitative estimate of drug-likeness (QED) is 0.669. The maximum atomic E-state index is 11.1. The van der Waals surface area contributed by atoms with Gasteiger partial charge >= 0.3 is 0 Å². The van der Waals surface area contributed by atoms with Crippen molar-refractivity contribution in [3.8, 4) is 11.3 Å². The van der Waals surface area contributed by atoms with E-state index in [-0.39, 0.29) is 11.8 Å². The van der Waals surface area contributed by atoms with Gasteiger partial charge in [-0.2, -0.15) is 0 Å². The first-order valence-corrected chi connectivity index (χ1v) is 6.32. The molecule has 2 aromatic rings. The molecule has 0 aliphatic heterocycles. The highest BCUT2D eigenvalue weighted by Crippen LogP contribution is 2.20. The highest BCUT2D eigenvalue weighted by Gasteiger charge is 2.08. The second kappa shape index (κ2) is 6.51. The molecule has 1 N–H and O–H groups in total. The van der Waals surface area contributed by atoms with E-state index in [1.807, 2.05) is 6.07 Å². The number of nitrogens with zero attached hydrogens (tertiary/aromatic N) is 3. The lowest BCUT2D eigenvalue weighted by Crippen LogP contribution is -2.09. The Kier molecular flexibility index (Phi) is 4.50. The van der Waals surface area contributed by atoms with Crippen molar-refractivity contribution >= 4 is 18.0 Å². The number of hydrogen-bond acceptors (Lipinski definition) is 5. The minimum Gasteiger partial charge on any atom is -0.306 e. The topological polar surface area (TPSA) is 84.8 Å². The van der Waals surface area contributed by atoms with Crippen LogP contribution >= 0.6 is 0 Å². The van der Waals surface area contributed by atoms with Gasteiger partial charge in [-0.25, -0.2) is 0 Å². The fourth-order valence-electron chi connectivity index (χ4n) is 1.66. The van der Waals surface area contributed by atoms with Crippen LogP contribution in [0.1, 0.15) is 18.4 Å². The molecule has 21 heavy (non-hydrogen) atoms.